The summed E-state index contributed by atoms with van der Waals surface area (Å²) in [6.45, 7) is 1.69. The van der Waals surface area contributed by atoms with E-state index in [4.69, 9.17) is 0 Å². The molecule has 2 N–H and O–H groups in total. The maximum absolute atomic E-state index is 12.2. The Labute approximate surface area is 115 Å². The number of aliphatic hydroxyl groups is 2. The van der Waals surface area contributed by atoms with E-state index in [-0.39, 0.29) is 19.1 Å². The van der Waals surface area contributed by atoms with Crippen molar-refractivity contribution in [1.82, 2.24) is 4.90 Å². The minimum absolute atomic E-state index is 0.143. The molecule has 0 heterocycles. The predicted molar refractivity (Wildman–Crippen MR) is 73.4 cm³/mol. The lowest BCUT2D eigenvalue weighted by Gasteiger charge is -2.30. The van der Waals surface area contributed by atoms with Crippen molar-refractivity contribution in [2.24, 2.45) is 5.41 Å². The fourth-order valence-electron chi connectivity index (χ4n) is 1.63. The molecule has 0 saturated heterocycles. The highest BCUT2D eigenvalue weighted by molar-refractivity contribution is 9.10. The molecule has 0 bridgehead atoms. The summed E-state index contributed by atoms with van der Waals surface area (Å²) >= 11 is 3.33. The Morgan fingerprint density at radius 2 is 1.89 bits per heavy atom. The summed E-state index contributed by atoms with van der Waals surface area (Å²) in [5.41, 5.74) is -0.121. The van der Waals surface area contributed by atoms with Gasteiger partial charge < -0.3 is 15.1 Å². The maximum Gasteiger partial charge on any atom is 0.254 e. The number of amides is 1. The van der Waals surface area contributed by atoms with Gasteiger partial charge in [-0.05, 0) is 28.1 Å². The van der Waals surface area contributed by atoms with E-state index in [1.807, 2.05) is 6.07 Å². The highest BCUT2D eigenvalue weighted by Gasteiger charge is 2.27. The molecule has 18 heavy (non-hydrogen) atoms. The SMILES string of the molecule is CN(CC(C)(CO)CO)C(=O)c1ccccc1Br. The number of halogens is 1. The van der Waals surface area contributed by atoms with Crippen LogP contribution in [0.4, 0.5) is 0 Å². The van der Waals surface area contributed by atoms with Crippen LogP contribution in [0.3, 0.4) is 0 Å². The Morgan fingerprint density at radius 3 is 2.39 bits per heavy atom. The first-order chi connectivity index (χ1) is 8.43. The van der Waals surface area contributed by atoms with E-state index in [1.54, 1.807) is 32.2 Å². The van der Waals surface area contributed by atoms with Crippen LogP contribution in [0.5, 0.6) is 0 Å². The molecule has 1 aromatic carbocycles. The molecule has 0 unspecified atom stereocenters. The quantitative estimate of drug-likeness (QED) is 0.866. The van der Waals surface area contributed by atoms with Crippen LogP contribution < -0.4 is 0 Å². The monoisotopic (exact) mass is 315 g/mol. The Bertz CT molecular complexity index is 418. The highest BCUT2D eigenvalue weighted by Crippen LogP contribution is 2.20. The summed E-state index contributed by atoms with van der Waals surface area (Å²) in [5.74, 6) is -0.143. The van der Waals surface area contributed by atoms with Crippen LogP contribution in [0.25, 0.3) is 0 Å². The third-order valence-electron chi connectivity index (χ3n) is 2.83. The molecular weight excluding hydrogens is 298 g/mol. The van der Waals surface area contributed by atoms with Crippen LogP contribution in [0, 0.1) is 5.41 Å². The number of aliphatic hydroxyl groups excluding tert-OH is 2. The molecule has 0 atom stereocenters. The van der Waals surface area contributed by atoms with Crippen LogP contribution in [-0.2, 0) is 0 Å². The molecule has 0 aliphatic carbocycles. The Hall–Kier alpha value is -0.910. The summed E-state index contributed by atoms with van der Waals surface area (Å²) in [4.78, 5) is 13.7. The largest absolute Gasteiger partial charge is 0.396 e. The molecule has 0 saturated carbocycles. The number of hydrogen-bond acceptors (Lipinski definition) is 3. The van der Waals surface area contributed by atoms with Crippen molar-refractivity contribution in [3.05, 3.63) is 34.3 Å². The van der Waals surface area contributed by atoms with Gasteiger partial charge >= 0.3 is 0 Å². The van der Waals surface area contributed by atoms with Crippen LogP contribution in [-0.4, -0.2) is 47.8 Å². The van der Waals surface area contributed by atoms with Crippen molar-refractivity contribution in [2.75, 3.05) is 26.8 Å². The summed E-state index contributed by atoms with van der Waals surface area (Å²) in [6, 6.07) is 7.17. The first-order valence-electron chi connectivity index (χ1n) is 5.65. The first-order valence-corrected chi connectivity index (χ1v) is 6.44. The highest BCUT2D eigenvalue weighted by atomic mass is 79.9. The molecule has 0 aliphatic rings. The van der Waals surface area contributed by atoms with Crippen molar-refractivity contribution >= 4 is 21.8 Å². The summed E-state index contributed by atoms with van der Waals surface area (Å²) in [7, 11) is 1.66. The fourth-order valence-corrected chi connectivity index (χ4v) is 2.09. The average Bonchev–Trinajstić information content (AvgIpc) is 2.38. The van der Waals surface area contributed by atoms with E-state index < -0.39 is 5.41 Å². The van der Waals surface area contributed by atoms with E-state index in [9.17, 15) is 15.0 Å². The molecule has 1 aromatic rings. The standard InChI is InChI=1S/C13H18BrNO3/c1-13(8-16,9-17)7-15(2)12(18)10-5-3-4-6-11(10)14/h3-6,16-17H,7-9H2,1-2H3. The number of rotatable bonds is 5. The van der Waals surface area contributed by atoms with Gasteiger partial charge in [-0.15, -0.1) is 0 Å². The fraction of sp³-hybridized carbons (Fsp3) is 0.462. The van der Waals surface area contributed by atoms with Gasteiger partial charge in [0.2, 0.25) is 0 Å². The molecule has 1 rings (SSSR count). The van der Waals surface area contributed by atoms with Gasteiger partial charge in [-0.1, -0.05) is 19.1 Å². The second-order valence-electron chi connectivity index (χ2n) is 4.77. The van der Waals surface area contributed by atoms with Crippen molar-refractivity contribution in [3.63, 3.8) is 0 Å². The second-order valence-corrected chi connectivity index (χ2v) is 5.62. The van der Waals surface area contributed by atoms with Gasteiger partial charge in [0.25, 0.3) is 5.91 Å². The van der Waals surface area contributed by atoms with E-state index in [0.29, 0.717) is 12.1 Å². The predicted octanol–water partition coefficient (Wildman–Crippen LogP) is 1.51. The van der Waals surface area contributed by atoms with Crippen molar-refractivity contribution in [3.8, 4) is 0 Å². The summed E-state index contributed by atoms with van der Waals surface area (Å²) in [6.07, 6.45) is 0. The maximum atomic E-state index is 12.2. The third-order valence-corrected chi connectivity index (χ3v) is 3.52. The molecular formula is C13H18BrNO3. The normalized spacial score (nSPS) is 11.4. The van der Waals surface area contributed by atoms with Crippen LogP contribution in [0.15, 0.2) is 28.7 Å². The minimum atomic E-state index is -0.689. The van der Waals surface area contributed by atoms with Crippen molar-refractivity contribution in [2.45, 2.75) is 6.92 Å². The van der Waals surface area contributed by atoms with Crippen LogP contribution >= 0.6 is 15.9 Å². The zero-order valence-corrected chi connectivity index (χ0v) is 12.1. The lowest BCUT2D eigenvalue weighted by atomic mass is 9.92. The molecule has 0 aliphatic heterocycles. The summed E-state index contributed by atoms with van der Waals surface area (Å²) in [5, 5.41) is 18.5. The van der Waals surface area contributed by atoms with Crippen LogP contribution in [0.2, 0.25) is 0 Å². The molecule has 100 valence electrons. The van der Waals surface area contributed by atoms with Gasteiger partial charge in [-0.2, -0.15) is 0 Å². The number of hydrogen-bond donors (Lipinski definition) is 2. The Morgan fingerprint density at radius 1 is 1.33 bits per heavy atom. The molecule has 1 amide bonds. The molecule has 0 fully saturated rings. The number of carbonyl (C=O) groups is 1. The van der Waals surface area contributed by atoms with Gasteiger partial charge in [0.1, 0.15) is 0 Å². The zero-order chi connectivity index (χ0) is 13.8. The van der Waals surface area contributed by atoms with Gasteiger partial charge in [0.15, 0.2) is 0 Å². The molecule has 4 nitrogen and oxygen atoms in total. The van der Waals surface area contributed by atoms with Crippen molar-refractivity contribution < 1.29 is 15.0 Å². The summed E-state index contributed by atoms with van der Waals surface area (Å²) < 4.78 is 0.733. The Kier molecular flexibility index (Phi) is 5.31. The van der Waals surface area contributed by atoms with E-state index >= 15 is 0 Å². The molecule has 0 aromatic heterocycles. The average molecular weight is 316 g/mol. The zero-order valence-electron chi connectivity index (χ0n) is 10.6. The van der Waals surface area contributed by atoms with Gasteiger partial charge in [-0.25, -0.2) is 0 Å². The number of benzene rings is 1. The van der Waals surface area contributed by atoms with E-state index in [2.05, 4.69) is 15.9 Å². The topological polar surface area (TPSA) is 60.8 Å². The lowest BCUT2D eigenvalue weighted by Crippen LogP contribution is -2.41. The van der Waals surface area contributed by atoms with Gasteiger partial charge in [0, 0.05) is 23.5 Å². The van der Waals surface area contributed by atoms with Gasteiger partial charge in [-0.3, -0.25) is 4.79 Å². The van der Waals surface area contributed by atoms with Crippen molar-refractivity contribution in [1.29, 1.82) is 0 Å². The minimum Gasteiger partial charge on any atom is -0.396 e. The Balaban J connectivity index is 2.82. The first kappa shape index (κ1) is 15.1. The smallest absolute Gasteiger partial charge is 0.254 e. The number of carbonyl (C=O) groups excluding carboxylic acids is 1. The number of nitrogens with zero attached hydrogens (tertiary/aromatic N) is 1. The molecule has 0 radical (unpaired) electrons. The van der Waals surface area contributed by atoms with Gasteiger partial charge in [0.05, 0.1) is 18.8 Å². The second kappa shape index (κ2) is 6.31. The van der Waals surface area contributed by atoms with E-state index in [0.717, 1.165) is 4.47 Å². The molecule has 5 heteroatoms. The lowest BCUT2D eigenvalue weighted by molar-refractivity contribution is 0.0366. The molecule has 0 spiro atoms. The third kappa shape index (κ3) is 3.54. The van der Waals surface area contributed by atoms with Crippen LogP contribution in [0.1, 0.15) is 17.3 Å². The van der Waals surface area contributed by atoms with E-state index in [1.165, 1.54) is 4.90 Å².